The Balaban J connectivity index is 2.22. The Kier molecular flexibility index (Phi) is 5.31. The molecule has 1 atom stereocenters. The molecule has 0 saturated carbocycles. The SMILES string of the molecule is CC[C@H](C)N(Cc1ccncc1)C(=O)c1cc(C(C)C)on1. The van der Waals surface area contributed by atoms with Gasteiger partial charge in [-0.15, -0.1) is 0 Å². The van der Waals surface area contributed by atoms with Crippen molar-refractivity contribution in [3.8, 4) is 0 Å². The lowest BCUT2D eigenvalue weighted by atomic mass is 10.1. The molecule has 2 aromatic heterocycles. The topological polar surface area (TPSA) is 59.2 Å². The van der Waals surface area contributed by atoms with Crippen molar-refractivity contribution in [3.63, 3.8) is 0 Å². The van der Waals surface area contributed by atoms with E-state index >= 15 is 0 Å². The van der Waals surface area contributed by atoms with Crippen molar-refractivity contribution in [2.45, 2.75) is 52.6 Å². The number of pyridine rings is 1. The second-order valence-corrected chi connectivity index (χ2v) is 5.82. The van der Waals surface area contributed by atoms with Gasteiger partial charge in [-0.25, -0.2) is 0 Å². The lowest BCUT2D eigenvalue weighted by molar-refractivity contribution is 0.0660. The number of carbonyl (C=O) groups excluding carboxylic acids is 1. The summed E-state index contributed by atoms with van der Waals surface area (Å²) in [5, 5.41) is 3.94. The first-order valence-electron chi connectivity index (χ1n) is 7.69. The minimum Gasteiger partial charge on any atom is -0.360 e. The van der Waals surface area contributed by atoms with Crippen LogP contribution in [0, 0.1) is 0 Å². The van der Waals surface area contributed by atoms with Gasteiger partial charge in [0.1, 0.15) is 5.76 Å². The number of hydrogen-bond donors (Lipinski definition) is 0. The van der Waals surface area contributed by atoms with E-state index in [0.29, 0.717) is 12.2 Å². The zero-order valence-corrected chi connectivity index (χ0v) is 13.6. The lowest BCUT2D eigenvalue weighted by Crippen LogP contribution is -2.38. The van der Waals surface area contributed by atoms with Gasteiger partial charge in [0.25, 0.3) is 5.91 Å². The maximum Gasteiger partial charge on any atom is 0.276 e. The molecule has 5 heteroatoms. The van der Waals surface area contributed by atoms with E-state index in [1.165, 1.54) is 0 Å². The van der Waals surface area contributed by atoms with E-state index in [1.807, 2.05) is 37.8 Å². The minimum absolute atomic E-state index is 0.0955. The van der Waals surface area contributed by atoms with Gasteiger partial charge >= 0.3 is 0 Å². The van der Waals surface area contributed by atoms with Crippen molar-refractivity contribution in [3.05, 3.63) is 47.6 Å². The maximum atomic E-state index is 12.8. The smallest absolute Gasteiger partial charge is 0.276 e. The summed E-state index contributed by atoms with van der Waals surface area (Å²) in [6.45, 7) is 8.68. The molecule has 0 radical (unpaired) electrons. The maximum absolute atomic E-state index is 12.8. The van der Waals surface area contributed by atoms with Crippen LogP contribution in [0.25, 0.3) is 0 Å². The van der Waals surface area contributed by atoms with Gasteiger partial charge in [-0.3, -0.25) is 9.78 Å². The summed E-state index contributed by atoms with van der Waals surface area (Å²) in [5.41, 5.74) is 1.43. The number of nitrogens with zero attached hydrogens (tertiary/aromatic N) is 3. The first-order valence-corrected chi connectivity index (χ1v) is 7.69. The van der Waals surface area contributed by atoms with Gasteiger partial charge in [-0.05, 0) is 31.0 Å². The van der Waals surface area contributed by atoms with Crippen LogP contribution in [0.2, 0.25) is 0 Å². The summed E-state index contributed by atoms with van der Waals surface area (Å²) in [6.07, 6.45) is 4.36. The summed E-state index contributed by atoms with van der Waals surface area (Å²) in [5.74, 6) is 0.851. The summed E-state index contributed by atoms with van der Waals surface area (Å²) in [7, 11) is 0. The average Bonchev–Trinajstić information content (AvgIpc) is 3.02. The number of aromatic nitrogens is 2. The summed E-state index contributed by atoms with van der Waals surface area (Å²) in [4.78, 5) is 18.6. The summed E-state index contributed by atoms with van der Waals surface area (Å²) in [6, 6.07) is 5.71. The van der Waals surface area contributed by atoms with Gasteiger partial charge in [-0.2, -0.15) is 0 Å². The van der Waals surface area contributed by atoms with Crippen molar-refractivity contribution >= 4 is 5.91 Å². The molecular weight excluding hydrogens is 278 g/mol. The van der Waals surface area contributed by atoms with Crippen molar-refractivity contribution in [2.75, 3.05) is 0 Å². The third-order valence-electron chi connectivity index (χ3n) is 3.80. The van der Waals surface area contributed by atoms with E-state index in [2.05, 4.69) is 17.1 Å². The molecule has 0 bridgehead atoms. The van der Waals surface area contributed by atoms with E-state index in [-0.39, 0.29) is 17.9 Å². The molecule has 22 heavy (non-hydrogen) atoms. The van der Waals surface area contributed by atoms with Crippen LogP contribution in [0.5, 0.6) is 0 Å². The third-order valence-corrected chi connectivity index (χ3v) is 3.80. The fourth-order valence-electron chi connectivity index (χ4n) is 2.14. The monoisotopic (exact) mass is 301 g/mol. The summed E-state index contributed by atoms with van der Waals surface area (Å²) >= 11 is 0. The third kappa shape index (κ3) is 3.72. The molecule has 0 saturated heterocycles. The molecule has 0 aliphatic carbocycles. The highest BCUT2D eigenvalue weighted by atomic mass is 16.5. The zero-order chi connectivity index (χ0) is 16.1. The molecule has 0 unspecified atom stereocenters. The molecule has 0 spiro atoms. The highest BCUT2D eigenvalue weighted by molar-refractivity contribution is 5.92. The fraction of sp³-hybridized carbons (Fsp3) is 0.471. The second kappa shape index (κ2) is 7.20. The van der Waals surface area contributed by atoms with Gasteiger partial charge in [0.05, 0.1) is 0 Å². The van der Waals surface area contributed by atoms with Crippen molar-refractivity contribution in [1.29, 1.82) is 0 Å². The van der Waals surface area contributed by atoms with Crippen LogP contribution in [0.15, 0.2) is 35.1 Å². The molecule has 2 aromatic rings. The largest absolute Gasteiger partial charge is 0.360 e. The molecular formula is C17H23N3O2. The predicted molar refractivity (Wildman–Crippen MR) is 84.5 cm³/mol. The Hall–Kier alpha value is -2.17. The Bertz CT molecular complexity index is 607. The number of hydrogen-bond acceptors (Lipinski definition) is 4. The number of carbonyl (C=O) groups is 1. The molecule has 0 aromatic carbocycles. The van der Waals surface area contributed by atoms with E-state index in [0.717, 1.165) is 17.7 Å². The Morgan fingerprint density at radius 2 is 1.95 bits per heavy atom. The second-order valence-electron chi connectivity index (χ2n) is 5.82. The van der Waals surface area contributed by atoms with Crippen LogP contribution in [0.4, 0.5) is 0 Å². The van der Waals surface area contributed by atoms with E-state index in [4.69, 9.17) is 4.52 Å². The average molecular weight is 301 g/mol. The molecule has 5 nitrogen and oxygen atoms in total. The molecule has 1 amide bonds. The van der Waals surface area contributed by atoms with Crippen LogP contribution in [-0.2, 0) is 6.54 Å². The molecule has 0 aliphatic rings. The van der Waals surface area contributed by atoms with Crippen LogP contribution >= 0.6 is 0 Å². The Labute approximate surface area is 131 Å². The molecule has 2 rings (SSSR count). The minimum atomic E-state index is -0.0955. The van der Waals surface area contributed by atoms with Crippen molar-refractivity contribution < 1.29 is 9.32 Å². The van der Waals surface area contributed by atoms with Crippen LogP contribution < -0.4 is 0 Å². The first kappa shape index (κ1) is 16.2. The highest BCUT2D eigenvalue weighted by Gasteiger charge is 2.24. The van der Waals surface area contributed by atoms with Gasteiger partial charge < -0.3 is 9.42 Å². The number of amides is 1. The fourth-order valence-corrected chi connectivity index (χ4v) is 2.14. The Morgan fingerprint density at radius 1 is 1.27 bits per heavy atom. The normalized spacial score (nSPS) is 12.4. The predicted octanol–water partition coefficient (Wildman–Crippen LogP) is 3.63. The molecule has 0 fully saturated rings. The van der Waals surface area contributed by atoms with Gasteiger partial charge in [0.2, 0.25) is 0 Å². The lowest BCUT2D eigenvalue weighted by Gasteiger charge is -2.27. The van der Waals surface area contributed by atoms with E-state index < -0.39 is 0 Å². The van der Waals surface area contributed by atoms with Crippen molar-refractivity contribution in [1.82, 2.24) is 15.0 Å². The van der Waals surface area contributed by atoms with Crippen molar-refractivity contribution in [2.24, 2.45) is 0 Å². The molecule has 118 valence electrons. The number of rotatable bonds is 6. The quantitative estimate of drug-likeness (QED) is 0.817. The van der Waals surface area contributed by atoms with E-state index in [1.54, 1.807) is 18.5 Å². The molecule has 0 aliphatic heterocycles. The molecule has 0 N–H and O–H groups in total. The Morgan fingerprint density at radius 3 is 2.50 bits per heavy atom. The highest BCUT2D eigenvalue weighted by Crippen LogP contribution is 2.19. The van der Waals surface area contributed by atoms with Crippen LogP contribution in [0.1, 0.15) is 61.8 Å². The van der Waals surface area contributed by atoms with Gasteiger partial charge in [-0.1, -0.05) is 25.9 Å². The van der Waals surface area contributed by atoms with Crippen LogP contribution in [-0.4, -0.2) is 27.0 Å². The zero-order valence-electron chi connectivity index (χ0n) is 13.6. The first-order chi connectivity index (χ1) is 10.5. The standard InChI is InChI=1S/C17H23N3O2/c1-5-13(4)20(11-14-6-8-18-9-7-14)17(21)15-10-16(12(2)3)22-19-15/h6-10,12-13H,5,11H2,1-4H3/t13-/m0/s1. The van der Waals surface area contributed by atoms with Crippen LogP contribution in [0.3, 0.4) is 0 Å². The summed E-state index contributed by atoms with van der Waals surface area (Å²) < 4.78 is 5.25. The van der Waals surface area contributed by atoms with Gasteiger partial charge in [0, 0.05) is 37.0 Å². The molecule has 2 heterocycles. The van der Waals surface area contributed by atoms with E-state index in [9.17, 15) is 4.79 Å². The van der Waals surface area contributed by atoms with Gasteiger partial charge in [0.15, 0.2) is 5.69 Å².